The van der Waals surface area contributed by atoms with E-state index in [1.807, 2.05) is 30.3 Å². The van der Waals surface area contributed by atoms with E-state index in [9.17, 15) is 10.1 Å². The Bertz CT molecular complexity index is 1910. The molecule has 1 saturated carbocycles. The average molecular weight is 626 g/mol. The summed E-state index contributed by atoms with van der Waals surface area (Å²) >= 11 is 0. The smallest absolute Gasteiger partial charge is 0.251 e. The maximum Gasteiger partial charge on any atom is 0.251 e. The van der Waals surface area contributed by atoms with E-state index < -0.39 is 0 Å². The van der Waals surface area contributed by atoms with Crippen LogP contribution in [0.3, 0.4) is 0 Å². The van der Waals surface area contributed by atoms with E-state index in [-0.39, 0.29) is 17.9 Å². The van der Waals surface area contributed by atoms with Crippen LogP contribution < -0.4 is 10.1 Å². The Morgan fingerprint density at radius 1 is 0.936 bits per heavy atom. The quantitative estimate of drug-likeness (QED) is 0.176. The Kier molecular flexibility index (Phi) is 9.45. The van der Waals surface area contributed by atoms with E-state index in [0.29, 0.717) is 46.5 Å². The fourth-order valence-electron chi connectivity index (χ4n) is 6.64. The monoisotopic (exact) mass is 625 g/mol. The molecule has 0 bridgehead atoms. The van der Waals surface area contributed by atoms with Gasteiger partial charge in [-0.05, 0) is 124 Å². The third-order valence-corrected chi connectivity index (χ3v) is 9.25. The number of oxazole rings is 1. The number of carbonyl (C=O) groups excluding carboxylic acids is 1. The second-order valence-electron chi connectivity index (χ2n) is 13.5. The molecule has 1 aromatic heterocycles. The van der Waals surface area contributed by atoms with Crippen LogP contribution in [0.5, 0.6) is 5.75 Å². The number of aryl methyl sites for hydroxylation is 1. The Balaban J connectivity index is 1.03. The first-order valence-corrected chi connectivity index (χ1v) is 16.8. The first-order valence-electron chi connectivity index (χ1n) is 16.8. The Morgan fingerprint density at radius 3 is 2.30 bits per heavy atom. The fourth-order valence-corrected chi connectivity index (χ4v) is 6.64. The average Bonchev–Trinajstić information content (AvgIpc) is 3.52. The molecule has 240 valence electrons. The Labute approximate surface area is 277 Å². The molecule has 5 aromatic rings. The van der Waals surface area contributed by atoms with Gasteiger partial charge in [0.2, 0.25) is 5.89 Å². The summed E-state index contributed by atoms with van der Waals surface area (Å²) in [4.78, 5) is 17.7. The van der Waals surface area contributed by atoms with Crippen LogP contribution in [-0.2, 0) is 0 Å². The highest BCUT2D eigenvalue weighted by molar-refractivity contribution is 5.94. The lowest BCUT2D eigenvalue weighted by Gasteiger charge is -2.29. The third-order valence-electron chi connectivity index (χ3n) is 9.25. The lowest BCUT2D eigenvalue weighted by Crippen LogP contribution is -2.31. The van der Waals surface area contributed by atoms with Gasteiger partial charge in [-0.2, -0.15) is 5.26 Å². The van der Waals surface area contributed by atoms with E-state index in [0.717, 1.165) is 48.1 Å². The lowest BCUT2D eigenvalue weighted by molar-refractivity contribution is 0.0943. The van der Waals surface area contributed by atoms with Gasteiger partial charge in [0.05, 0.1) is 17.7 Å². The lowest BCUT2D eigenvalue weighted by atomic mass is 9.78. The molecule has 1 N–H and O–H groups in total. The highest BCUT2D eigenvalue weighted by atomic mass is 16.5. The summed E-state index contributed by atoms with van der Waals surface area (Å²) in [6.07, 6.45) is 4.57. The molecule has 0 spiro atoms. The maximum atomic E-state index is 13.0. The summed E-state index contributed by atoms with van der Waals surface area (Å²) in [6, 6.07) is 28.6. The van der Waals surface area contributed by atoms with Crippen molar-refractivity contribution >= 4 is 17.0 Å². The number of hydrogen-bond donors (Lipinski definition) is 1. The molecule has 1 aliphatic carbocycles. The number of nitriles is 1. The molecule has 1 amide bonds. The molecule has 6 heteroatoms. The normalized spacial score (nSPS) is 16.4. The first kappa shape index (κ1) is 32.1. The third kappa shape index (κ3) is 7.25. The predicted molar refractivity (Wildman–Crippen MR) is 188 cm³/mol. The zero-order valence-corrected chi connectivity index (χ0v) is 28.0. The van der Waals surface area contributed by atoms with Crippen molar-refractivity contribution in [3.8, 4) is 34.4 Å². The number of nitrogens with zero attached hydrogens (tertiary/aromatic N) is 2. The fraction of sp³-hybridized carbons (Fsp3) is 0.341. The highest BCUT2D eigenvalue weighted by Crippen LogP contribution is 2.38. The van der Waals surface area contributed by atoms with Crippen molar-refractivity contribution in [1.82, 2.24) is 10.3 Å². The zero-order valence-electron chi connectivity index (χ0n) is 28.0. The van der Waals surface area contributed by atoms with Crippen LogP contribution in [0.4, 0.5) is 0 Å². The van der Waals surface area contributed by atoms with Gasteiger partial charge in [0, 0.05) is 28.8 Å². The van der Waals surface area contributed by atoms with Crippen molar-refractivity contribution in [2.75, 3.05) is 6.54 Å². The number of amides is 1. The Morgan fingerprint density at radius 2 is 1.64 bits per heavy atom. The topological polar surface area (TPSA) is 88.1 Å². The summed E-state index contributed by atoms with van der Waals surface area (Å²) < 4.78 is 12.2. The molecule has 0 unspecified atom stereocenters. The van der Waals surface area contributed by atoms with Crippen LogP contribution in [0.1, 0.15) is 97.8 Å². The second-order valence-corrected chi connectivity index (χ2v) is 13.5. The molecular formula is C41H43N3O3. The summed E-state index contributed by atoms with van der Waals surface area (Å²) in [5.74, 6) is 2.56. The molecule has 0 radical (unpaired) electrons. The Hall–Kier alpha value is -4.89. The van der Waals surface area contributed by atoms with Crippen LogP contribution in [0, 0.1) is 24.2 Å². The van der Waals surface area contributed by atoms with Crippen molar-refractivity contribution in [2.24, 2.45) is 5.92 Å². The molecule has 1 fully saturated rings. The number of benzene rings is 4. The largest absolute Gasteiger partial charge is 0.490 e. The van der Waals surface area contributed by atoms with Gasteiger partial charge in [0.1, 0.15) is 11.3 Å². The SMILES string of the molecule is Cc1ccc(OC(C)C)c(-c2ccc([C@H]3CC[C@H](CNC(=O)c4ccc(-c5nc6cc(C#N)cc(C(C)C)c6o5)cc4)CC3)cc2)c1. The van der Waals surface area contributed by atoms with Gasteiger partial charge >= 0.3 is 0 Å². The van der Waals surface area contributed by atoms with Gasteiger partial charge in [-0.3, -0.25) is 4.79 Å². The van der Waals surface area contributed by atoms with E-state index in [1.165, 1.54) is 16.7 Å². The number of aromatic nitrogens is 1. The van der Waals surface area contributed by atoms with Crippen LogP contribution in [0.15, 0.2) is 83.3 Å². The molecule has 1 heterocycles. The second kappa shape index (κ2) is 13.8. The molecule has 0 saturated heterocycles. The molecule has 4 aromatic carbocycles. The summed E-state index contributed by atoms with van der Waals surface area (Å²) in [6.45, 7) is 11.1. The number of fused-ring (bicyclic) bond motifs is 1. The van der Waals surface area contributed by atoms with E-state index in [4.69, 9.17) is 9.15 Å². The van der Waals surface area contributed by atoms with Gasteiger partial charge in [-0.1, -0.05) is 49.7 Å². The molecule has 0 aliphatic heterocycles. The van der Waals surface area contributed by atoms with Crippen molar-refractivity contribution in [2.45, 2.75) is 78.2 Å². The minimum atomic E-state index is -0.0652. The highest BCUT2D eigenvalue weighted by Gasteiger charge is 2.23. The van der Waals surface area contributed by atoms with Gasteiger partial charge in [0.15, 0.2) is 5.58 Å². The standard InChI is InChI=1S/C41H43N3O3/c1-25(2)35-21-29(23-42)22-37-39(35)47-41(44-37)34-17-15-33(16-18-34)40(45)43-24-28-7-9-30(10-8-28)31-11-13-32(14-12-31)36-20-27(5)6-19-38(36)46-26(3)4/h6,11-22,25-26,28,30H,7-10,24H2,1-5H3,(H,43,45)/t28-,30-. The minimum absolute atomic E-state index is 0.0652. The van der Waals surface area contributed by atoms with Crippen LogP contribution in [0.25, 0.3) is 33.7 Å². The van der Waals surface area contributed by atoms with Gasteiger partial charge < -0.3 is 14.5 Å². The molecular weight excluding hydrogens is 582 g/mol. The first-order chi connectivity index (χ1) is 22.7. The van der Waals surface area contributed by atoms with Crippen molar-refractivity contribution in [3.05, 3.63) is 107 Å². The number of rotatable bonds is 9. The molecule has 47 heavy (non-hydrogen) atoms. The van der Waals surface area contributed by atoms with E-state index >= 15 is 0 Å². The van der Waals surface area contributed by atoms with Gasteiger partial charge in [-0.15, -0.1) is 0 Å². The summed E-state index contributed by atoms with van der Waals surface area (Å²) in [5.41, 5.74) is 9.25. The number of hydrogen-bond acceptors (Lipinski definition) is 5. The number of carbonyl (C=O) groups is 1. The van der Waals surface area contributed by atoms with Crippen LogP contribution in [0.2, 0.25) is 0 Å². The van der Waals surface area contributed by atoms with E-state index in [1.54, 1.807) is 6.07 Å². The van der Waals surface area contributed by atoms with E-state index in [2.05, 4.69) is 93.5 Å². The van der Waals surface area contributed by atoms with Crippen molar-refractivity contribution in [3.63, 3.8) is 0 Å². The predicted octanol–water partition coefficient (Wildman–Crippen LogP) is 9.96. The maximum absolute atomic E-state index is 13.0. The number of ether oxygens (including phenoxy) is 1. The minimum Gasteiger partial charge on any atom is -0.490 e. The van der Waals surface area contributed by atoms with Gasteiger partial charge in [0.25, 0.3) is 5.91 Å². The number of nitrogens with one attached hydrogen (secondary N) is 1. The van der Waals surface area contributed by atoms with Gasteiger partial charge in [-0.25, -0.2) is 4.98 Å². The molecule has 1 aliphatic rings. The molecule has 6 nitrogen and oxygen atoms in total. The van der Waals surface area contributed by atoms with Crippen molar-refractivity contribution in [1.29, 1.82) is 5.26 Å². The van der Waals surface area contributed by atoms with Crippen molar-refractivity contribution < 1.29 is 13.9 Å². The zero-order chi connectivity index (χ0) is 33.1. The van der Waals surface area contributed by atoms with Crippen LogP contribution in [-0.4, -0.2) is 23.5 Å². The molecule has 0 atom stereocenters. The van der Waals surface area contributed by atoms with Crippen LogP contribution >= 0.6 is 0 Å². The summed E-state index contributed by atoms with van der Waals surface area (Å²) in [5, 5.41) is 12.6. The molecule has 6 rings (SSSR count). The summed E-state index contributed by atoms with van der Waals surface area (Å²) in [7, 11) is 0.